The van der Waals surface area contributed by atoms with Crippen molar-refractivity contribution in [2.75, 3.05) is 24.6 Å². The summed E-state index contributed by atoms with van der Waals surface area (Å²) in [4.78, 5) is 54.4. The number of carbonyl (C=O) groups excluding carboxylic acids is 4. The minimum absolute atomic E-state index is 0.0502. The van der Waals surface area contributed by atoms with Crippen LogP contribution in [-0.4, -0.2) is 58.4 Å². The molecule has 0 spiro atoms. The molecule has 1 aliphatic rings. The lowest BCUT2D eigenvalue weighted by atomic mass is 9.95. The standard InChI is InChI=1S/C26H30O4P2/c1-5-31(6-2,19-15-11-9-12-16-19)25-21(27)23(29)26(24(30)22(25)28)32(7-3,8-4)20-17-13-10-14-18-20/h9-18H,5-8H2,1-4H3. The van der Waals surface area contributed by atoms with Gasteiger partial charge < -0.3 is 0 Å². The number of carbonyl (C=O) groups is 4. The van der Waals surface area contributed by atoms with E-state index in [1.807, 2.05) is 88.4 Å². The second-order valence-corrected chi connectivity index (χ2v) is 16.2. The molecule has 0 aromatic heterocycles. The van der Waals surface area contributed by atoms with Crippen LogP contribution in [0.15, 0.2) is 60.7 Å². The van der Waals surface area contributed by atoms with Crippen molar-refractivity contribution in [3.05, 3.63) is 60.7 Å². The van der Waals surface area contributed by atoms with Gasteiger partial charge in [0.05, 0.1) is 10.6 Å². The summed E-state index contributed by atoms with van der Waals surface area (Å²) in [5.74, 6) is -3.03. The Morgan fingerprint density at radius 3 is 0.938 bits per heavy atom. The molecule has 0 bridgehead atoms. The van der Waals surface area contributed by atoms with Crippen molar-refractivity contribution in [2.24, 2.45) is 0 Å². The fourth-order valence-corrected chi connectivity index (χ4v) is 12.5. The first-order valence-electron chi connectivity index (χ1n) is 11.1. The zero-order valence-corrected chi connectivity index (χ0v) is 20.9. The molecule has 0 amide bonds. The van der Waals surface area contributed by atoms with Gasteiger partial charge in [0.2, 0.25) is 23.1 Å². The van der Waals surface area contributed by atoms with Crippen LogP contribution >= 0.6 is 13.8 Å². The summed E-state index contributed by atoms with van der Waals surface area (Å²) in [7, 11) is 0. The highest BCUT2D eigenvalue weighted by Gasteiger charge is 2.48. The van der Waals surface area contributed by atoms with Crippen LogP contribution in [0.25, 0.3) is 0 Å². The monoisotopic (exact) mass is 468 g/mol. The number of Topliss-reactive ketones (excluding diaryl/α,β-unsaturated/α-hetero) is 4. The quantitative estimate of drug-likeness (QED) is 0.482. The Morgan fingerprint density at radius 2 is 0.719 bits per heavy atom. The lowest BCUT2D eigenvalue weighted by Gasteiger charge is -2.33. The Balaban J connectivity index is 2.40. The van der Waals surface area contributed by atoms with Crippen LogP contribution in [0.1, 0.15) is 27.7 Å². The van der Waals surface area contributed by atoms with E-state index >= 15 is 0 Å². The summed E-state index contributed by atoms with van der Waals surface area (Å²) >= 11 is 0. The third kappa shape index (κ3) is 3.64. The molecule has 1 saturated carbocycles. The maximum absolute atomic E-state index is 13.6. The molecule has 0 heterocycles. The van der Waals surface area contributed by atoms with Crippen LogP contribution in [0.2, 0.25) is 0 Å². The lowest BCUT2D eigenvalue weighted by Crippen LogP contribution is -2.52. The first kappa shape index (κ1) is 24.4. The molecule has 3 rings (SSSR count). The van der Waals surface area contributed by atoms with Crippen molar-refractivity contribution < 1.29 is 19.2 Å². The van der Waals surface area contributed by atoms with Crippen molar-refractivity contribution in [1.29, 1.82) is 0 Å². The predicted octanol–water partition coefficient (Wildman–Crippen LogP) is 3.39. The zero-order chi connectivity index (χ0) is 23.5. The van der Waals surface area contributed by atoms with E-state index in [-0.39, 0.29) is 10.6 Å². The van der Waals surface area contributed by atoms with Gasteiger partial charge in [-0.25, -0.2) is 0 Å². The van der Waals surface area contributed by atoms with E-state index in [1.54, 1.807) is 0 Å². The molecule has 0 aliphatic heterocycles. The van der Waals surface area contributed by atoms with Gasteiger partial charge in [0.1, 0.15) is 0 Å². The van der Waals surface area contributed by atoms with Crippen LogP contribution in [0.4, 0.5) is 0 Å². The molecule has 6 heteroatoms. The van der Waals surface area contributed by atoms with Gasteiger partial charge in [-0.3, -0.25) is 19.2 Å². The van der Waals surface area contributed by atoms with Gasteiger partial charge in [-0.2, -0.15) is 0 Å². The van der Waals surface area contributed by atoms with Crippen LogP contribution in [0, 0.1) is 0 Å². The van der Waals surface area contributed by atoms with Gasteiger partial charge in [-0.1, -0.05) is 102 Å². The normalized spacial score (nSPS) is 15.5. The topological polar surface area (TPSA) is 68.3 Å². The van der Waals surface area contributed by atoms with E-state index in [0.29, 0.717) is 24.6 Å². The second-order valence-electron chi connectivity index (χ2n) is 7.89. The van der Waals surface area contributed by atoms with Gasteiger partial charge in [0, 0.05) is 0 Å². The summed E-state index contributed by atoms with van der Waals surface area (Å²) < 4.78 is 0. The van der Waals surface area contributed by atoms with Crippen LogP contribution in [-0.2, 0) is 19.2 Å². The van der Waals surface area contributed by atoms with E-state index in [9.17, 15) is 19.2 Å². The van der Waals surface area contributed by atoms with E-state index in [1.165, 1.54) is 0 Å². The fourth-order valence-electron chi connectivity index (χ4n) is 4.91. The molecule has 2 aromatic carbocycles. The SMILES string of the molecule is CCP(CC)(=C1C(=O)C(=O)C(=P(CC)(CC)c2ccccc2)C(=O)C1=O)c1ccccc1. The number of ketones is 4. The molecule has 0 N–H and O–H groups in total. The minimum Gasteiger partial charge on any atom is -0.285 e. The Labute approximate surface area is 190 Å². The molecule has 0 unspecified atom stereocenters. The van der Waals surface area contributed by atoms with Gasteiger partial charge in [0.15, 0.2) is 0 Å². The highest BCUT2D eigenvalue weighted by Crippen LogP contribution is 2.51. The van der Waals surface area contributed by atoms with Crippen LogP contribution in [0.3, 0.4) is 0 Å². The van der Waals surface area contributed by atoms with Gasteiger partial charge in [-0.15, -0.1) is 0 Å². The van der Waals surface area contributed by atoms with E-state index in [4.69, 9.17) is 0 Å². The van der Waals surface area contributed by atoms with Crippen LogP contribution < -0.4 is 10.6 Å². The molecule has 0 atom stereocenters. The second kappa shape index (κ2) is 9.69. The first-order valence-corrected chi connectivity index (χ1v) is 15.4. The average molecular weight is 468 g/mol. The third-order valence-corrected chi connectivity index (χ3v) is 16.2. The van der Waals surface area contributed by atoms with E-state index < -0.39 is 36.9 Å². The molecule has 1 aliphatic carbocycles. The summed E-state index contributed by atoms with van der Waals surface area (Å²) in [5.41, 5.74) is 0. The Bertz CT molecular complexity index is 1050. The smallest absolute Gasteiger partial charge is 0.238 e. The largest absolute Gasteiger partial charge is 0.285 e. The van der Waals surface area contributed by atoms with Crippen molar-refractivity contribution in [1.82, 2.24) is 0 Å². The highest BCUT2D eigenvalue weighted by molar-refractivity contribution is 7.90. The van der Waals surface area contributed by atoms with Gasteiger partial charge in [0.25, 0.3) is 0 Å². The fraction of sp³-hybridized carbons (Fsp3) is 0.308. The summed E-state index contributed by atoms with van der Waals surface area (Å²) in [6, 6.07) is 18.9. The minimum atomic E-state index is -2.47. The van der Waals surface area contributed by atoms with Gasteiger partial charge >= 0.3 is 0 Å². The first-order chi connectivity index (χ1) is 15.3. The molecule has 2 aromatic rings. The summed E-state index contributed by atoms with van der Waals surface area (Å²) in [5, 5.41) is 1.68. The Hall–Kier alpha value is -2.28. The molecule has 0 radical (unpaired) electrons. The van der Waals surface area contributed by atoms with Crippen molar-refractivity contribution in [3.8, 4) is 0 Å². The van der Waals surface area contributed by atoms with Crippen LogP contribution in [0.5, 0.6) is 0 Å². The molecule has 4 nitrogen and oxygen atoms in total. The van der Waals surface area contributed by atoms with E-state index in [2.05, 4.69) is 0 Å². The van der Waals surface area contributed by atoms with Crippen molar-refractivity contribution in [3.63, 3.8) is 0 Å². The zero-order valence-electron chi connectivity index (χ0n) is 19.1. The number of hydrogen-bond acceptors (Lipinski definition) is 4. The number of benzene rings is 2. The predicted molar refractivity (Wildman–Crippen MR) is 138 cm³/mol. The maximum atomic E-state index is 13.6. The van der Waals surface area contributed by atoms with Crippen molar-refractivity contribution >= 4 is 58.1 Å². The summed E-state index contributed by atoms with van der Waals surface area (Å²) in [6.45, 7) is 2.81. The molecule has 1 fully saturated rings. The molecule has 168 valence electrons. The average Bonchev–Trinajstić information content (AvgIpc) is 2.84. The molecular weight excluding hydrogens is 438 g/mol. The van der Waals surface area contributed by atoms with E-state index in [0.717, 1.165) is 10.6 Å². The third-order valence-electron chi connectivity index (χ3n) is 6.79. The Morgan fingerprint density at radius 1 is 0.469 bits per heavy atom. The molecule has 32 heavy (non-hydrogen) atoms. The van der Waals surface area contributed by atoms with Gasteiger partial charge in [-0.05, 0) is 35.3 Å². The lowest BCUT2D eigenvalue weighted by molar-refractivity contribution is -0.134. The van der Waals surface area contributed by atoms with Crippen molar-refractivity contribution in [2.45, 2.75) is 27.7 Å². The molecule has 0 saturated heterocycles. The number of rotatable bonds is 6. The summed E-state index contributed by atoms with van der Waals surface area (Å²) in [6.07, 6.45) is 2.21. The maximum Gasteiger partial charge on any atom is 0.238 e. The number of hydrogen-bond donors (Lipinski definition) is 0. The highest BCUT2D eigenvalue weighted by atomic mass is 31.2. The molecular formula is C26H30O4P2. The Kier molecular flexibility index (Phi) is 7.38.